The Balaban J connectivity index is 1.36. The Kier molecular flexibility index (Phi) is 4.50. The minimum absolute atomic E-state index is 0.805. The molecule has 0 unspecified atom stereocenters. The number of hydrogen-bond donors (Lipinski definition) is 0. The normalized spacial score (nSPS) is 15.1. The number of rotatable bonds is 4. The topological polar surface area (TPSA) is 46.3 Å². The third-order valence-electron chi connectivity index (χ3n) is 5.12. The van der Waals surface area contributed by atoms with E-state index in [0.29, 0.717) is 0 Å². The Morgan fingerprint density at radius 2 is 1.82 bits per heavy atom. The highest BCUT2D eigenvalue weighted by Gasteiger charge is 2.19. The first-order valence-corrected chi connectivity index (χ1v) is 10.3. The summed E-state index contributed by atoms with van der Waals surface area (Å²) in [4.78, 5) is 3.31. The maximum Gasteiger partial charge on any atom is 0.235 e. The van der Waals surface area contributed by atoms with Gasteiger partial charge in [0.25, 0.3) is 0 Å². The van der Waals surface area contributed by atoms with E-state index in [1.165, 1.54) is 16.7 Å². The highest BCUT2D eigenvalue weighted by molar-refractivity contribution is 7.17. The van der Waals surface area contributed by atoms with Crippen LogP contribution in [-0.4, -0.2) is 37.8 Å². The lowest BCUT2D eigenvalue weighted by Crippen LogP contribution is -2.27. The smallest absolute Gasteiger partial charge is 0.235 e. The van der Waals surface area contributed by atoms with Crippen LogP contribution >= 0.6 is 11.3 Å². The van der Waals surface area contributed by atoms with Crippen LogP contribution in [0.1, 0.15) is 22.6 Å². The third-order valence-corrected chi connectivity index (χ3v) is 6.09. The molecule has 2 aromatic heterocycles. The summed E-state index contributed by atoms with van der Waals surface area (Å²) in [6.45, 7) is 5.08. The van der Waals surface area contributed by atoms with Gasteiger partial charge in [-0.1, -0.05) is 77.6 Å². The molecule has 140 valence electrons. The lowest BCUT2D eigenvalue weighted by molar-refractivity contribution is 0.294. The van der Waals surface area contributed by atoms with Crippen LogP contribution in [0.4, 0.5) is 0 Å². The van der Waals surface area contributed by atoms with Crippen molar-refractivity contribution in [3.05, 3.63) is 76.8 Å². The van der Waals surface area contributed by atoms with Gasteiger partial charge >= 0.3 is 0 Å². The van der Waals surface area contributed by atoms with E-state index in [1.54, 1.807) is 11.3 Å². The zero-order valence-corrected chi connectivity index (χ0v) is 16.6. The average molecular weight is 388 g/mol. The Hall–Kier alpha value is -2.83. The summed E-state index contributed by atoms with van der Waals surface area (Å²) in [6.07, 6.45) is 3.32. The van der Waals surface area contributed by atoms with E-state index in [9.17, 15) is 0 Å². The Bertz CT molecular complexity index is 1120. The summed E-state index contributed by atoms with van der Waals surface area (Å²) in [5, 5.41) is 14.5. The Labute approximate surface area is 168 Å². The van der Waals surface area contributed by atoms with Crippen molar-refractivity contribution in [2.24, 2.45) is 0 Å². The van der Waals surface area contributed by atoms with Crippen molar-refractivity contribution >= 4 is 21.9 Å². The van der Waals surface area contributed by atoms with E-state index in [0.717, 1.165) is 47.4 Å². The maximum atomic E-state index is 4.83. The second kappa shape index (κ2) is 7.30. The van der Waals surface area contributed by atoms with Crippen LogP contribution in [0, 0.1) is 6.92 Å². The molecule has 28 heavy (non-hydrogen) atoms. The molecule has 0 amide bonds. The molecular weight excluding hydrogens is 366 g/mol. The van der Waals surface area contributed by atoms with Gasteiger partial charge in [0.2, 0.25) is 4.96 Å². The minimum Gasteiger partial charge on any atom is -0.295 e. The van der Waals surface area contributed by atoms with Crippen LogP contribution in [-0.2, 0) is 6.54 Å². The van der Waals surface area contributed by atoms with Gasteiger partial charge in [-0.2, -0.15) is 9.61 Å². The predicted octanol–water partition coefficient (Wildman–Crippen LogP) is 4.45. The van der Waals surface area contributed by atoms with Crippen LogP contribution in [0.5, 0.6) is 0 Å². The summed E-state index contributed by atoms with van der Waals surface area (Å²) in [7, 11) is 0. The van der Waals surface area contributed by atoms with Crippen molar-refractivity contribution < 1.29 is 0 Å². The highest BCUT2D eigenvalue weighted by Crippen LogP contribution is 2.29. The molecule has 3 heterocycles. The van der Waals surface area contributed by atoms with Crippen molar-refractivity contribution in [1.82, 2.24) is 24.7 Å². The fourth-order valence-electron chi connectivity index (χ4n) is 3.52. The molecule has 1 aliphatic heterocycles. The second-order valence-electron chi connectivity index (χ2n) is 7.19. The van der Waals surface area contributed by atoms with Crippen molar-refractivity contribution in [3.8, 4) is 11.4 Å². The zero-order valence-electron chi connectivity index (χ0n) is 15.7. The van der Waals surface area contributed by atoms with E-state index in [2.05, 4.69) is 82.7 Å². The molecule has 4 aromatic rings. The zero-order chi connectivity index (χ0) is 18.9. The van der Waals surface area contributed by atoms with Crippen molar-refractivity contribution in [3.63, 3.8) is 0 Å². The maximum absolute atomic E-state index is 4.83. The van der Waals surface area contributed by atoms with Gasteiger partial charge in [0.05, 0.1) is 0 Å². The van der Waals surface area contributed by atoms with Gasteiger partial charge < -0.3 is 0 Å². The number of aryl methyl sites for hydroxylation is 1. The van der Waals surface area contributed by atoms with Gasteiger partial charge in [-0.15, -0.1) is 10.2 Å². The summed E-state index contributed by atoms with van der Waals surface area (Å²) in [5.41, 5.74) is 4.95. The molecule has 0 saturated carbocycles. The lowest BCUT2D eigenvalue weighted by Gasteiger charge is -2.25. The summed E-state index contributed by atoms with van der Waals surface area (Å²) in [6, 6.07) is 19.0. The SMILES string of the molecule is Cc1ccc(-c2nnc3sc(C4=CCN(Cc5ccccc5)CC4)nn23)cc1. The fourth-order valence-corrected chi connectivity index (χ4v) is 4.43. The Morgan fingerprint density at radius 3 is 2.57 bits per heavy atom. The van der Waals surface area contributed by atoms with E-state index >= 15 is 0 Å². The number of hydrogen-bond acceptors (Lipinski definition) is 5. The monoisotopic (exact) mass is 387 g/mol. The highest BCUT2D eigenvalue weighted by atomic mass is 32.1. The van der Waals surface area contributed by atoms with E-state index < -0.39 is 0 Å². The van der Waals surface area contributed by atoms with Gasteiger partial charge in [0.15, 0.2) is 5.82 Å². The fraction of sp³-hybridized carbons (Fsp3) is 0.227. The molecule has 1 aliphatic rings. The lowest BCUT2D eigenvalue weighted by atomic mass is 10.1. The van der Waals surface area contributed by atoms with Crippen LogP contribution in [0.25, 0.3) is 21.9 Å². The molecular formula is C22H21N5S. The molecule has 0 aliphatic carbocycles. The van der Waals surface area contributed by atoms with E-state index in [4.69, 9.17) is 5.10 Å². The molecule has 0 fully saturated rings. The van der Waals surface area contributed by atoms with Crippen LogP contribution in [0.3, 0.4) is 0 Å². The molecule has 0 atom stereocenters. The summed E-state index contributed by atoms with van der Waals surface area (Å²) < 4.78 is 1.88. The first-order chi connectivity index (χ1) is 13.8. The van der Waals surface area contributed by atoms with Gasteiger partial charge in [0, 0.05) is 25.2 Å². The van der Waals surface area contributed by atoms with Crippen LogP contribution in [0.15, 0.2) is 60.7 Å². The summed E-state index contributed by atoms with van der Waals surface area (Å²) >= 11 is 1.62. The van der Waals surface area contributed by atoms with Crippen molar-refractivity contribution in [2.75, 3.05) is 13.1 Å². The van der Waals surface area contributed by atoms with Crippen LogP contribution in [0.2, 0.25) is 0 Å². The van der Waals surface area contributed by atoms with Gasteiger partial charge in [-0.05, 0) is 24.5 Å². The molecule has 6 heteroatoms. The molecule has 0 saturated heterocycles. The second-order valence-corrected chi connectivity index (χ2v) is 8.15. The standard InChI is InChI=1S/C22H21N5S/c1-16-7-9-18(10-8-16)20-23-24-22-27(20)25-21(28-22)19-11-13-26(14-12-19)15-17-5-3-2-4-6-17/h2-11H,12-15H2,1H3. The molecule has 5 rings (SSSR count). The molecule has 0 radical (unpaired) electrons. The van der Waals surface area contributed by atoms with Crippen LogP contribution < -0.4 is 0 Å². The summed E-state index contributed by atoms with van der Waals surface area (Å²) in [5.74, 6) is 0.805. The molecule has 0 spiro atoms. The number of nitrogens with zero attached hydrogens (tertiary/aromatic N) is 5. The number of benzene rings is 2. The van der Waals surface area contributed by atoms with E-state index in [-0.39, 0.29) is 0 Å². The first kappa shape index (κ1) is 17.3. The van der Waals surface area contributed by atoms with Gasteiger partial charge in [-0.25, -0.2) is 0 Å². The number of fused-ring (bicyclic) bond motifs is 1. The van der Waals surface area contributed by atoms with Crippen molar-refractivity contribution in [2.45, 2.75) is 19.9 Å². The van der Waals surface area contributed by atoms with E-state index in [1.807, 2.05) is 4.52 Å². The van der Waals surface area contributed by atoms with Crippen molar-refractivity contribution in [1.29, 1.82) is 0 Å². The largest absolute Gasteiger partial charge is 0.295 e. The number of aromatic nitrogens is 4. The first-order valence-electron chi connectivity index (χ1n) is 9.51. The molecule has 5 nitrogen and oxygen atoms in total. The quantitative estimate of drug-likeness (QED) is 0.519. The van der Waals surface area contributed by atoms with Gasteiger partial charge in [0.1, 0.15) is 5.01 Å². The minimum atomic E-state index is 0.805. The van der Waals surface area contributed by atoms with Gasteiger partial charge in [-0.3, -0.25) is 4.90 Å². The average Bonchev–Trinajstić information content (AvgIpc) is 3.31. The molecule has 0 N–H and O–H groups in total. The molecule has 2 aromatic carbocycles. The Morgan fingerprint density at radius 1 is 1.00 bits per heavy atom. The molecule has 0 bridgehead atoms. The predicted molar refractivity (Wildman–Crippen MR) is 113 cm³/mol. The third kappa shape index (κ3) is 3.37.